The lowest BCUT2D eigenvalue weighted by molar-refractivity contribution is 0.0805. The molecule has 0 atom stereocenters. The third-order valence-electron chi connectivity index (χ3n) is 14.1. The van der Waals surface area contributed by atoms with E-state index in [4.69, 9.17) is 15.0 Å². The lowest BCUT2D eigenvalue weighted by Crippen LogP contribution is -2.53. The molecule has 1 aromatic heterocycles. The first-order chi connectivity index (χ1) is 29.3. The molecule has 5 N–H and O–H groups in total. The van der Waals surface area contributed by atoms with Gasteiger partial charge in [-0.2, -0.15) is 15.0 Å². The molecule has 4 aliphatic rings. The van der Waals surface area contributed by atoms with E-state index in [2.05, 4.69) is 155 Å². The van der Waals surface area contributed by atoms with Crippen LogP contribution < -0.4 is 36.8 Å². The average Bonchev–Trinajstić information content (AvgIpc) is 3.11. The zero-order chi connectivity index (χ0) is 49.2. The highest BCUT2D eigenvalue weighted by molar-refractivity contribution is 5.45. The van der Waals surface area contributed by atoms with Gasteiger partial charge in [0.1, 0.15) is 0 Å². The first-order valence-corrected chi connectivity index (χ1v) is 26.2. The van der Waals surface area contributed by atoms with Crippen molar-refractivity contribution < 1.29 is 0 Å². The second-order valence-electron chi connectivity index (χ2n) is 26.8. The van der Waals surface area contributed by atoms with Crippen LogP contribution >= 0.6 is 0 Å². The molecule has 4 saturated carbocycles. The van der Waals surface area contributed by atoms with Crippen LogP contribution in [0.5, 0.6) is 0 Å². The molecule has 0 bridgehead atoms. The molecule has 4 fully saturated rings. The molecule has 0 amide bonds. The highest BCUT2D eigenvalue weighted by atomic mass is 15.6. The van der Waals surface area contributed by atoms with Crippen molar-refractivity contribution in [1.29, 1.82) is 0 Å². The summed E-state index contributed by atoms with van der Waals surface area (Å²) in [6.45, 7) is 48.6. The fraction of sp³-hybridized carbons (Fsp3) is 0.944. The van der Waals surface area contributed by atoms with Gasteiger partial charge in [0.05, 0.1) is 0 Å². The molecule has 0 aliphatic heterocycles. The summed E-state index contributed by atoms with van der Waals surface area (Å²) in [5.41, 5.74) is 13.1. The van der Waals surface area contributed by atoms with E-state index in [-0.39, 0.29) is 21.7 Å². The fourth-order valence-electron chi connectivity index (χ4n) is 14.2. The van der Waals surface area contributed by atoms with Crippen LogP contribution in [-0.4, -0.2) is 73.4 Å². The molecule has 0 radical (unpaired) electrons. The van der Waals surface area contributed by atoms with Crippen LogP contribution in [0.1, 0.15) is 228 Å². The number of aromatic nitrogens is 3. The van der Waals surface area contributed by atoms with E-state index >= 15 is 0 Å². The molecule has 10 nitrogen and oxygen atoms in total. The van der Waals surface area contributed by atoms with Crippen molar-refractivity contribution in [3.8, 4) is 0 Å². The van der Waals surface area contributed by atoms with Crippen molar-refractivity contribution in [3.63, 3.8) is 0 Å². The second-order valence-corrected chi connectivity index (χ2v) is 26.8. The quantitative estimate of drug-likeness (QED) is 0.0916. The normalized spacial score (nSPS) is 24.4. The largest absolute Gasteiger partial charge is 0.357 e. The van der Waals surface area contributed by atoms with Gasteiger partial charge in [-0.3, -0.25) is 15.9 Å². The monoisotopic (exact) mass is 899 g/mol. The summed E-state index contributed by atoms with van der Waals surface area (Å²) in [5.74, 6) is 2.14. The molecule has 64 heavy (non-hydrogen) atoms. The Morgan fingerprint density at radius 3 is 1.23 bits per heavy atom. The summed E-state index contributed by atoms with van der Waals surface area (Å²) in [7, 11) is 6.06. The topological polar surface area (TPSA) is 105 Å². The van der Waals surface area contributed by atoms with E-state index in [1.54, 1.807) is 0 Å². The Bertz CT molecular complexity index is 1450. The summed E-state index contributed by atoms with van der Waals surface area (Å²) >= 11 is 0. The van der Waals surface area contributed by atoms with Crippen LogP contribution in [0, 0.1) is 43.3 Å². The van der Waals surface area contributed by atoms with E-state index in [1.807, 2.05) is 41.8 Å². The van der Waals surface area contributed by atoms with Crippen LogP contribution in [0.25, 0.3) is 0 Å². The summed E-state index contributed by atoms with van der Waals surface area (Å²) in [6.07, 6.45) is 17.0. The number of unbranched alkanes of at least 4 members (excludes halogenated alkanes) is 1. The zero-order valence-corrected chi connectivity index (χ0v) is 46.9. The second kappa shape index (κ2) is 23.5. The predicted octanol–water partition coefficient (Wildman–Crippen LogP) is 13.2. The highest BCUT2D eigenvalue weighted by Crippen LogP contribution is 2.50. The summed E-state index contributed by atoms with van der Waals surface area (Å²) in [4.78, 5) is 17.5. The number of hydrogen-bond donors (Lipinski definition) is 5. The molecule has 0 aromatic carbocycles. The van der Waals surface area contributed by atoms with E-state index in [0.29, 0.717) is 51.8 Å². The van der Waals surface area contributed by atoms with E-state index in [0.717, 1.165) is 63.5 Å². The molecule has 376 valence electrons. The first kappa shape index (κ1) is 58.4. The van der Waals surface area contributed by atoms with E-state index < -0.39 is 0 Å². The third-order valence-corrected chi connectivity index (χ3v) is 14.1. The Balaban J connectivity index is 0.000000699. The van der Waals surface area contributed by atoms with E-state index in [1.165, 1.54) is 51.4 Å². The smallest absolute Gasteiger partial charge is 0.246 e. The Kier molecular flexibility index (Phi) is 21.4. The van der Waals surface area contributed by atoms with Gasteiger partial charge in [0.2, 0.25) is 17.8 Å². The van der Waals surface area contributed by atoms with Gasteiger partial charge in [-0.15, -0.1) is 0 Å². The molecular weight excluding hydrogens is 789 g/mol. The van der Waals surface area contributed by atoms with Crippen LogP contribution in [0.15, 0.2) is 0 Å². The van der Waals surface area contributed by atoms with Gasteiger partial charge >= 0.3 is 0 Å². The van der Waals surface area contributed by atoms with Gasteiger partial charge in [-0.25, -0.2) is 5.43 Å². The number of nitrogens with zero attached hydrogens (tertiary/aromatic N) is 5. The maximum absolute atomic E-state index is 5.24. The van der Waals surface area contributed by atoms with Crippen LogP contribution in [0.3, 0.4) is 0 Å². The molecule has 1 aromatic rings. The standard InChI is InChI=1S/C39H74N8.C11H24N2.2C2H6/c1-34(2)19-28(20-35(3,4)25-34)41-17-15-16-18-42-47(30-23-38(9,10)27-39(11,12)24-30)33-44-31(40-13)43-32(45-33)46(14)29-21-36(5,6)26-37(7,8)22-29;1-10(2)6-9(13-12-5)7-11(3,4)8-10;2*1-2/h28-30,41-42H,15-27H2,1-14H3,(H,40,43,44,45);9,12-13H,6-8H2,1-5H3;2*1-2H3. The fourth-order valence-corrected chi connectivity index (χ4v) is 14.2. The van der Waals surface area contributed by atoms with Gasteiger partial charge in [0.15, 0.2) is 0 Å². The molecule has 1 heterocycles. The minimum absolute atomic E-state index is 0.246. The van der Waals surface area contributed by atoms with Gasteiger partial charge in [-0.05, 0) is 147 Å². The number of nitrogens with one attached hydrogen (secondary N) is 5. The zero-order valence-electron chi connectivity index (χ0n) is 46.9. The summed E-state index contributed by atoms with van der Waals surface area (Å²) in [6, 6.07) is 1.93. The van der Waals surface area contributed by atoms with Crippen LogP contribution in [-0.2, 0) is 0 Å². The number of hydrogen-bond acceptors (Lipinski definition) is 10. The molecule has 0 spiro atoms. The molecule has 0 unspecified atom stereocenters. The Labute approximate surface area is 398 Å². The maximum Gasteiger partial charge on any atom is 0.246 e. The minimum Gasteiger partial charge on any atom is -0.357 e. The van der Waals surface area contributed by atoms with Gasteiger partial charge in [-0.1, -0.05) is 138 Å². The minimum atomic E-state index is 0.246. The van der Waals surface area contributed by atoms with Crippen molar-refractivity contribution in [2.24, 2.45) is 43.3 Å². The predicted molar refractivity (Wildman–Crippen MR) is 281 cm³/mol. The molecule has 5 rings (SSSR count). The van der Waals surface area contributed by atoms with Crippen LogP contribution in [0.4, 0.5) is 17.8 Å². The summed E-state index contributed by atoms with van der Waals surface area (Å²) < 4.78 is 0. The molecule has 10 heteroatoms. The summed E-state index contributed by atoms with van der Waals surface area (Å²) in [5, 5.41) is 9.52. The number of rotatable bonds is 14. The SMILES string of the molecule is CC.CC.CNNC1CC(C)(C)CC(C)(C)C1.CNc1nc(N(C)C2CC(C)(C)CC(C)(C)C2)nc(N(NCCCCNC2CC(C)(C)CC(C)(C)C2)C2CC(C)(C)CC(C)(C)C2)n1. The van der Waals surface area contributed by atoms with Crippen molar-refractivity contribution in [1.82, 2.24) is 36.5 Å². The number of anilines is 3. The van der Waals surface area contributed by atoms with Gasteiger partial charge < -0.3 is 15.5 Å². The van der Waals surface area contributed by atoms with Crippen molar-refractivity contribution in [3.05, 3.63) is 0 Å². The third kappa shape index (κ3) is 19.5. The lowest BCUT2D eigenvalue weighted by atomic mass is 9.63. The molecule has 4 aliphatic carbocycles. The van der Waals surface area contributed by atoms with Crippen LogP contribution in [0.2, 0.25) is 0 Å². The van der Waals surface area contributed by atoms with Crippen molar-refractivity contribution >= 4 is 17.8 Å². The lowest BCUT2D eigenvalue weighted by Gasteiger charge is -2.48. The number of hydrazine groups is 2. The molecule has 0 saturated heterocycles. The molecular formula is C54H110N10. The Hall–Kier alpha value is -1.75. The van der Waals surface area contributed by atoms with E-state index in [9.17, 15) is 0 Å². The Morgan fingerprint density at radius 1 is 0.469 bits per heavy atom. The van der Waals surface area contributed by atoms with Gasteiger partial charge in [0, 0.05) is 44.8 Å². The van der Waals surface area contributed by atoms with Crippen molar-refractivity contribution in [2.75, 3.05) is 49.5 Å². The van der Waals surface area contributed by atoms with Gasteiger partial charge in [0.25, 0.3) is 0 Å². The van der Waals surface area contributed by atoms with Crippen molar-refractivity contribution in [2.45, 2.75) is 253 Å². The Morgan fingerprint density at radius 2 is 0.828 bits per heavy atom. The first-order valence-electron chi connectivity index (χ1n) is 26.2. The average molecular weight is 900 g/mol. The maximum atomic E-state index is 5.24. The highest BCUT2D eigenvalue weighted by Gasteiger charge is 2.44.